The van der Waals surface area contributed by atoms with Crippen LogP contribution in [0.5, 0.6) is 0 Å². The molecule has 2 atom stereocenters. The zero-order chi connectivity index (χ0) is 16.0. The number of hydrogen-bond acceptors (Lipinski definition) is 3. The van der Waals surface area contributed by atoms with Crippen LogP contribution in [0.1, 0.15) is 30.4 Å². The Morgan fingerprint density at radius 3 is 2.57 bits per heavy atom. The molecule has 0 radical (unpaired) electrons. The van der Waals surface area contributed by atoms with Crippen molar-refractivity contribution in [3.8, 4) is 0 Å². The highest BCUT2D eigenvalue weighted by atomic mass is 16.5. The number of carbonyl (C=O) groups excluding carboxylic acids is 1. The third-order valence-corrected chi connectivity index (χ3v) is 5.79. The summed E-state index contributed by atoms with van der Waals surface area (Å²) < 4.78 is 5.41. The van der Waals surface area contributed by atoms with Crippen LogP contribution in [0.25, 0.3) is 0 Å². The molecule has 122 valence electrons. The maximum atomic E-state index is 13.0. The molecule has 1 amide bonds. The second-order valence-corrected chi connectivity index (χ2v) is 7.02. The minimum atomic E-state index is -0.908. The number of aliphatic carboxylic acids is 1. The van der Waals surface area contributed by atoms with E-state index in [1.165, 1.54) is 0 Å². The van der Waals surface area contributed by atoms with Crippen LogP contribution in [-0.4, -0.2) is 41.1 Å². The van der Waals surface area contributed by atoms with Crippen molar-refractivity contribution < 1.29 is 19.4 Å². The molecule has 1 aliphatic carbocycles. The van der Waals surface area contributed by atoms with Crippen LogP contribution in [0, 0.1) is 11.3 Å². The van der Waals surface area contributed by atoms with Crippen LogP contribution in [-0.2, 0) is 27.3 Å². The molecule has 3 aliphatic rings. The van der Waals surface area contributed by atoms with Crippen molar-refractivity contribution >= 4 is 11.9 Å². The number of rotatable bonds is 2. The Bertz CT molecular complexity index is 650. The van der Waals surface area contributed by atoms with Crippen LogP contribution in [0.4, 0.5) is 0 Å². The number of hydrogen-bond donors (Lipinski definition) is 1. The van der Waals surface area contributed by atoms with Gasteiger partial charge in [-0.1, -0.05) is 24.3 Å². The predicted octanol–water partition coefficient (Wildman–Crippen LogP) is 1.84. The SMILES string of the molecule is O=C(O)C1Cc2ccccc2CN1C(=O)C1CC12CCOCC2. The van der Waals surface area contributed by atoms with E-state index >= 15 is 0 Å². The molecule has 5 nitrogen and oxygen atoms in total. The molecule has 1 aromatic rings. The summed E-state index contributed by atoms with van der Waals surface area (Å²) in [5, 5.41) is 9.57. The Labute approximate surface area is 135 Å². The average molecular weight is 315 g/mol. The third-order valence-electron chi connectivity index (χ3n) is 5.79. The number of carboxylic acids is 1. The number of benzene rings is 1. The van der Waals surface area contributed by atoms with Crippen molar-refractivity contribution in [2.24, 2.45) is 11.3 Å². The van der Waals surface area contributed by atoms with Gasteiger partial charge in [-0.05, 0) is 35.8 Å². The van der Waals surface area contributed by atoms with Gasteiger partial charge in [0.05, 0.1) is 0 Å². The minimum absolute atomic E-state index is 0.0153. The summed E-state index contributed by atoms with van der Waals surface area (Å²) in [6, 6.07) is 7.08. The van der Waals surface area contributed by atoms with Crippen molar-refractivity contribution in [2.75, 3.05) is 13.2 Å². The molecule has 0 bridgehead atoms. The van der Waals surface area contributed by atoms with Gasteiger partial charge in [0.15, 0.2) is 0 Å². The summed E-state index contributed by atoms with van der Waals surface area (Å²) in [7, 11) is 0. The fourth-order valence-electron chi connectivity index (χ4n) is 4.20. The lowest BCUT2D eigenvalue weighted by molar-refractivity contribution is -0.152. The standard InChI is InChI=1S/C18H21NO4/c20-16(14-10-18(14)5-7-23-8-6-18)19-11-13-4-2-1-3-12(13)9-15(19)17(21)22/h1-4,14-15H,5-11H2,(H,21,22). The second-order valence-electron chi connectivity index (χ2n) is 7.02. The maximum Gasteiger partial charge on any atom is 0.326 e. The van der Waals surface area contributed by atoms with Crippen molar-refractivity contribution in [1.82, 2.24) is 4.90 Å². The van der Waals surface area contributed by atoms with E-state index in [1.807, 2.05) is 24.3 Å². The van der Waals surface area contributed by atoms with Crippen LogP contribution in [0.3, 0.4) is 0 Å². The molecule has 2 heterocycles. The first-order chi connectivity index (χ1) is 11.1. The summed E-state index contributed by atoms with van der Waals surface area (Å²) in [6.45, 7) is 1.85. The number of fused-ring (bicyclic) bond motifs is 1. The summed E-state index contributed by atoms with van der Waals surface area (Å²) in [6.07, 6.45) is 3.14. The zero-order valence-corrected chi connectivity index (χ0v) is 13.0. The highest BCUT2D eigenvalue weighted by molar-refractivity contribution is 5.88. The third kappa shape index (κ3) is 2.43. The van der Waals surface area contributed by atoms with Crippen molar-refractivity contribution in [3.63, 3.8) is 0 Å². The number of ether oxygens (including phenoxy) is 1. The maximum absolute atomic E-state index is 13.0. The first kappa shape index (κ1) is 14.7. The molecule has 2 aliphatic heterocycles. The highest BCUT2D eigenvalue weighted by Crippen LogP contribution is 2.60. The predicted molar refractivity (Wildman–Crippen MR) is 82.7 cm³/mol. The smallest absolute Gasteiger partial charge is 0.326 e. The van der Waals surface area contributed by atoms with E-state index < -0.39 is 12.0 Å². The van der Waals surface area contributed by atoms with Crippen LogP contribution in [0.2, 0.25) is 0 Å². The topological polar surface area (TPSA) is 66.8 Å². The van der Waals surface area contributed by atoms with Gasteiger partial charge in [0, 0.05) is 32.1 Å². The molecule has 1 aromatic carbocycles. The van der Waals surface area contributed by atoms with Gasteiger partial charge in [0.1, 0.15) is 6.04 Å². The monoisotopic (exact) mass is 315 g/mol. The molecular weight excluding hydrogens is 294 g/mol. The normalized spacial score (nSPS) is 28.3. The lowest BCUT2D eigenvalue weighted by atomic mass is 9.91. The highest BCUT2D eigenvalue weighted by Gasteiger charge is 2.59. The number of carboxylic acid groups (broad SMARTS) is 1. The van der Waals surface area contributed by atoms with E-state index in [-0.39, 0.29) is 17.2 Å². The first-order valence-corrected chi connectivity index (χ1v) is 8.28. The fraction of sp³-hybridized carbons (Fsp3) is 0.556. The minimum Gasteiger partial charge on any atom is -0.480 e. The largest absolute Gasteiger partial charge is 0.480 e. The van der Waals surface area contributed by atoms with Gasteiger partial charge in [0.25, 0.3) is 0 Å². The van der Waals surface area contributed by atoms with E-state index in [0.29, 0.717) is 13.0 Å². The molecule has 1 N–H and O–H groups in total. The van der Waals surface area contributed by atoms with Crippen LogP contribution < -0.4 is 0 Å². The van der Waals surface area contributed by atoms with Gasteiger partial charge in [-0.15, -0.1) is 0 Å². The number of amides is 1. The molecule has 1 spiro atoms. The van der Waals surface area contributed by atoms with E-state index in [2.05, 4.69) is 0 Å². The van der Waals surface area contributed by atoms with Gasteiger partial charge in [-0.25, -0.2) is 4.79 Å². The fourth-order valence-corrected chi connectivity index (χ4v) is 4.20. The summed E-state index contributed by atoms with van der Waals surface area (Å²) >= 11 is 0. The zero-order valence-electron chi connectivity index (χ0n) is 13.0. The Morgan fingerprint density at radius 2 is 1.87 bits per heavy atom. The Hall–Kier alpha value is -1.88. The molecule has 1 saturated heterocycles. The Balaban J connectivity index is 1.57. The molecule has 5 heteroatoms. The van der Waals surface area contributed by atoms with Gasteiger partial charge < -0.3 is 14.7 Å². The molecule has 2 unspecified atom stereocenters. The molecule has 2 fully saturated rings. The summed E-state index contributed by atoms with van der Waals surface area (Å²) in [4.78, 5) is 26.3. The van der Waals surface area contributed by atoms with E-state index in [4.69, 9.17) is 4.74 Å². The first-order valence-electron chi connectivity index (χ1n) is 8.28. The van der Waals surface area contributed by atoms with E-state index in [9.17, 15) is 14.7 Å². The number of carbonyl (C=O) groups is 2. The lowest BCUT2D eigenvalue weighted by Gasteiger charge is -2.35. The van der Waals surface area contributed by atoms with Crippen LogP contribution >= 0.6 is 0 Å². The molecule has 0 aromatic heterocycles. The van der Waals surface area contributed by atoms with Gasteiger partial charge >= 0.3 is 5.97 Å². The lowest BCUT2D eigenvalue weighted by Crippen LogP contribution is -2.49. The molecule has 4 rings (SSSR count). The van der Waals surface area contributed by atoms with Crippen molar-refractivity contribution in [1.29, 1.82) is 0 Å². The van der Waals surface area contributed by atoms with E-state index in [0.717, 1.165) is 43.6 Å². The van der Waals surface area contributed by atoms with Crippen LogP contribution in [0.15, 0.2) is 24.3 Å². The van der Waals surface area contributed by atoms with Gasteiger partial charge in [-0.3, -0.25) is 4.79 Å². The van der Waals surface area contributed by atoms with Gasteiger partial charge in [0.2, 0.25) is 5.91 Å². The Morgan fingerprint density at radius 1 is 1.17 bits per heavy atom. The molecule has 23 heavy (non-hydrogen) atoms. The summed E-state index contributed by atoms with van der Waals surface area (Å²) in [5.41, 5.74) is 2.19. The summed E-state index contributed by atoms with van der Waals surface area (Å²) in [5.74, 6) is -0.901. The number of nitrogens with zero attached hydrogens (tertiary/aromatic N) is 1. The van der Waals surface area contributed by atoms with E-state index in [1.54, 1.807) is 4.90 Å². The van der Waals surface area contributed by atoms with Crippen molar-refractivity contribution in [2.45, 2.75) is 38.3 Å². The quantitative estimate of drug-likeness (QED) is 0.904. The van der Waals surface area contributed by atoms with Crippen molar-refractivity contribution in [3.05, 3.63) is 35.4 Å². The second kappa shape index (κ2) is 5.34. The molecular formula is C18H21NO4. The average Bonchev–Trinajstić information content (AvgIpc) is 3.26. The van der Waals surface area contributed by atoms with Gasteiger partial charge in [-0.2, -0.15) is 0 Å². The molecule has 1 saturated carbocycles. The Kier molecular flexibility index (Phi) is 3.41.